The second-order valence-electron chi connectivity index (χ2n) is 12.1. The average Bonchev–Trinajstić information content (AvgIpc) is 3.10. The summed E-state index contributed by atoms with van der Waals surface area (Å²) in [4.78, 5) is 67.2. The summed E-state index contributed by atoms with van der Waals surface area (Å²) >= 11 is 0. The van der Waals surface area contributed by atoms with Crippen LogP contribution in [0.4, 0.5) is 46.4 Å². The van der Waals surface area contributed by atoms with E-state index in [1.807, 2.05) is 31.2 Å². The van der Waals surface area contributed by atoms with Crippen LogP contribution in [0.25, 0.3) is 0 Å². The molecule has 0 unspecified atom stereocenters. The van der Waals surface area contributed by atoms with Gasteiger partial charge in [0.15, 0.2) is 0 Å². The van der Waals surface area contributed by atoms with Gasteiger partial charge in [-0.25, -0.2) is 4.79 Å². The van der Waals surface area contributed by atoms with Crippen molar-refractivity contribution < 1.29 is 48.0 Å². The number of hydrogen-bond acceptors (Lipinski definition) is 7. The molecule has 0 saturated heterocycles. The number of anilines is 5. The number of aryl methyl sites for hydroxylation is 1. The van der Waals surface area contributed by atoms with Crippen LogP contribution in [0.15, 0.2) is 97.1 Å². The lowest BCUT2D eigenvalue weighted by atomic mass is 10.1. The van der Waals surface area contributed by atoms with Gasteiger partial charge in [0.2, 0.25) is 18.1 Å². The van der Waals surface area contributed by atoms with Crippen LogP contribution in [0.5, 0.6) is 0 Å². The first-order chi connectivity index (χ1) is 26.2. The predicted octanol–water partition coefficient (Wildman–Crippen LogP) is 9.22. The standard InChI is InChI=1S/C20H23N3O4.C16H16N2O2.C2HF3O.C2H6/c1-13(24)21-15-11-9-14(10-12-15)18(25)22-16-7-5-6-8-17(16)23-19(26)27-20(2,3)4;1-11-5-3-4-6-15(11)18-16(20)13-7-9-14(10-8-13)17-12(2)19;3-2(4,5)1-6;1-2/h5-12H,1-4H3,(H,21,24)(H,22,25)(H,23,26);3-10H,1-2H3,(H,17,19)(H,18,20);1H;1-2H3/i;;;1D. The van der Waals surface area contributed by atoms with Crippen LogP contribution >= 0.6 is 0 Å². The minimum Gasteiger partial charge on any atom is -0.444 e. The van der Waals surface area contributed by atoms with Gasteiger partial charge in [0.05, 0.1) is 11.4 Å². The summed E-state index contributed by atoms with van der Waals surface area (Å²) in [6, 6.07) is 27.7. The van der Waals surface area contributed by atoms with Gasteiger partial charge in [-0.05, 0) is 100.0 Å². The van der Waals surface area contributed by atoms with Crippen LogP contribution in [0.3, 0.4) is 0 Å². The van der Waals surface area contributed by atoms with Crippen molar-refractivity contribution in [2.24, 2.45) is 0 Å². The van der Waals surface area contributed by atoms with Crippen LogP contribution in [0.1, 0.15) is 76.1 Å². The SMILES string of the molecule is CC(=O)Nc1ccc(C(=O)Nc2ccccc2C)cc1.CC(=O)Nc1ccc(C(=O)Nc2ccccc2NC(=O)OC(C)(C)C)cc1.O=CC(F)(F)F.[2H]CC. The Balaban J connectivity index is 0.000000472. The number of benzene rings is 4. The van der Waals surface area contributed by atoms with E-state index in [0.29, 0.717) is 40.8 Å². The minimum absolute atomic E-state index is 0.137. The molecule has 294 valence electrons. The zero-order chi connectivity index (χ0) is 42.5. The van der Waals surface area contributed by atoms with E-state index < -0.39 is 24.2 Å². The molecular weight excluding hydrogens is 719 g/mol. The summed E-state index contributed by atoms with van der Waals surface area (Å²) in [5.74, 6) is -0.840. The molecule has 0 spiro atoms. The van der Waals surface area contributed by atoms with Crippen LogP contribution in [0, 0.1) is 6.92 Å². The Bertz CT molecular complexity index is 1920. The maximum atomic E-state index is 12.5. The molecule has 12 nitrogen and oxygen atoms in total. The second kappa shape index (κ2) is 22.5. The van der Waals surface area contributed by atoms with Gasteiger partial charge in [0.25, 0.3) is 11.8 Å². The molecule has 0 aromatic heterocycles. The van der Waals surface area contributed by atoms with E-state index in [1.54, 1.807) is 100 Å². The smallest absolute Gasteiger partial charge is 0.444 e. The lowest BCUT2D eigenvalue weighted by Crippen LogP contribution is -2.27. The molecule has 0 aliphatic heterocycles. The molecule has 0 fully saturated rings. The molecular formula is C40H46F3N5O7. The molecule has 5 amide bonds. The highest BCUT2D eigenvalue weighted by atomic mass is 19.4. The quantitative estimate of drug-likeness (QED) is 0.117. The number of nitrogens with one attached hydrogen (secondary N) is 5. The van der Waals surface area contributed by atoms with Gasteiger partial charge in [0.1, 0.15) is 5.60 Å². The Morgan fingerprint density at radius 1 is 0.618 bits per heavy atom. The maximum absolute atomic E-state index is 12.5. The molecule has 0 saturated carbocycles. The van der Waals surface area contributed by atoms with Crippen LogP contribution in [-0.2, 0) is 19.1 Å². The van der Waals surface area contributed by atoms with Crippen molar-refractivity contribution >= 4 is 64.4 Å². The largest absolute Gasteiger partial charge is 0.446 e. The molecule has 0 aliphatic rings. The van der Waals surface area contributed by atoms with Crippen LogP contribution < -0.4 is 26.6 Å². The minimum atomic E-state index is -4.64. The normalized spacial score (nSPS) is 10.4. The van der Waals surface area contributed by atoms with E-state index in [9.17, 15) is 37.1 Å². The zero-order valence-electron chi connectivity index (χ0n) is 32.5. The summed E-state index contributed by atoms with van der Waals surface area (Å²) < 4.78 is 42.7. The summed E-state index contributed by atoms with van der Waals surface area (Å²) in [7, 11) is 0. The monoisotopic (exact) mass is 766 g/mol. The van der Waals surface area contributed by atoms with Crippen molar-refractivity contribution in [2.45, 2.75) is 67.1 Å². The van der Waals surface area contributed by atoms with E-state index >= 15 is 0 Å². The van der Waals surface area contributed by atoms with Crippen molar-refractivity contribution in [3.63, 3.8) is 0 Å². The number of carbonyl (C=O) groups is 6. The van der Waals surface area contributed by atoms with E-state index in [4.69, 9.17) is 10.9 Å². The lowest BCUT2D eigenvalue weighted by Gasteiger charge is -2.20. The van der Waals surface area contributed by atoms with Crippen LogP contribution in [0.2, 0.25) is 0 Å². The Hall–Kier alpha value is -6.51. The van der Waals surface area contributed by atoms with Gasteiger partial charge in [-0.1, -0.05) is 44.2 Å². The third-order valence-electron chi connectivity index (χ3n) is 6.27. The first kappa shape index (κ1) is 44.7. The van der Waals surface area contributed by atoms with Gasteiger partial charge in [-0.3, -0.25) is 29.3 Å². The number of rotatable bonds is 7. The molecule has 0 radical (unpaired) electrons. The van der Waals surface area contributed by atoms with E-state index in [0.717, 1.165) is 11.3 Å². The number of amides is 5. The maximum Gasteiger partial charge on any atom is 0.446 e. The highest BCUT2D eigenvalue weighted by Crippen LogP contribution is 2.23. The number of ether oxygens (including phenoxy) is 1. The van der Waals surface area contributed by atoms with E-state index in [2.05, 4.69) is 26.6 Å². The van der Waals surface area contributed by atoms with Crippen molar-refractivity contribution in [1.29, 1.82) is 0 Å². The first-order valence-corrected chi connectivity index (χ1v) is 16.5. The molecule has 5 N–H and O–H groups in total. The number of halogens is 3. The number of para-hydroxylation sites is 3. The van der Waals surface area contributed by atoms with Crippen molar-refractivity contribution in [3.05, 3.63) is 114 Å². The fraction of sp³-hybridized carbons (Fsp3) is 0.250. The van der Waals surface area contributed by atoms with Crippen molar-refractivity contribution in [2.75, 3.05) is 26.6 Å². The van der Waals surface area contributed by atoms with E-state index in [1.165, 1.54) is 13.8 Å². The first-order valence-electron chi connectivity index (χ1n) is 17.2. The highest BCUT2D eigenvalue weighted by molar-refractivity contribution is 6.07. The molecule has 55 heavy (non-hydrogen) atoms. The topological polar surface area (TPSA) is 172 Å². The predicted molar refractivity (Wildman–Crippen MR) is 208 cm³/mol. The molecule has 15 heteroatoms. The summed E-state index contributed by atoms with van der Waals surface area (Å²) in [5, 5.41) is 13.5. The van der Waals surface area contributed by atoms with Crippen molar-refractivity contribution in [3.8, 4) is 0 Å². The molecule has 0 bridgehead atoms. The van der Waals surface area contributed by atoms with Crippen molar-refractivity contribution in [1.82, 2.24) is 0 Å². The Morgan fingerprint density at radius 2 is 0.964 bits per heavy atom. The fourth-order valence-corrected chi connectivity index (χ4v) is 4.03. The lowest BCUT2D eigenvalue weighted by molar-refractivity contribution is -0.156. The average molecular weight is 767 g/mol. The number of aldehydes is 1. The summed E-state index contributed by atoms with van der Waals surface area (Å²) in [6.07, 6.45) is -6.31. The second-order valence-corrected chi connectivity index (χ2v) is 12.1. The van der Waals surface area contributed by atoms with Gasteiger partial charge in [-0.15, -0.1) is 0 Å². The third kappa shape index (κ3) is 19.2. The van der Waals surface area contributed by atoms with Gasteiger partial charge < -0.3 is 26.0 Å². The van der Waals surface area contributed by atoms with E-state index in [-0.39, 0.29) is 23.6 Å². The van der Waals surface area contributed by atoms with Gasteiger partial charge in [0, 0.05) is 43.4 Å². The molecule has 0 aliphatic carbocycles. The summed E-state index contributed by atoms with van der Waals surface area (Å²) in [6.45, 7) is 12.4. The Labute approximate surface area is 319 Å². The molecule has 4 rings (SSSR count). The summed E-state index contributed by atoms with van der Waals surface area (Å²) in [5.41, 5.74) is 4.28. The fourth-order valence-electron chi connectivity index (χ4n) is 4.03. The molecule has 4 aromatic carbocycles. The number of carbonyl (C=O) groups excluding carboxylic acids is 6. The number of alkyl halides is 3. The zero-order valence-corrected chi connectivity index (χ0v) is 31.5. The molecule has 0 atom stereocenters. The molecule has 0 heterocycles. The van der Waals surface area contributed by atoms with Gasteiger partial charge in [-0.2, -0.15) is 13.2 Å². The Morgan fingerprint density at radius 3 is 1.31 bits per heavy atom. The van der Waals surface area contributed by atoms with Gasteiger partial charge >= 0.3 is 12.3 Å². The Kier molecular flexibility index (Phi) is 18.3. The molecule has 4 aromatic rings. The van der Waals surface area contributed by atoms with Crippen LogP contribution in [-0.4, -0.2) is 47.8 Å². The number of hydrogen-bond donors (Lipinski definition) is 5. The highest BCUT2D eigenvalue weighted by Gasteiger charge is 2.25. The third-order valence-corrected chi connectivity index (χ3v) is 6.27.